The maximum absolute atomic E-state index is 13.7. The van der Waals surface area contributed by atoms with Crippen molar-refractivity contribution < 1.29 is 28.6 Å². The molecule has 1 aromatic heterocycles. The molecule has 1 fully saturated rings. The predicted octanol–water partition coefficient (Wildman–Crippen LogP) is 3.25. The van der Waals surface area contributed by atoms with E-state index < -0.39 is 11.9 Å². The van der Waals surface area contributed by atoms with Gasteiger partial charge < -0.3 is 24.8 Å². The Balaban J connectivity index is 0.000000300. The number of rotatable bonds is 6. The summed E-state index contributed by atoms with van der Waals surface area (Å²) < 4.78 is 19.3. The second-order valence-electron chi connectivity index (χ2n) is 6.51. The number of nitrogens with one attached hydrogen (secondary N) is 1. The van der Waals surface area contributed by atoms with E-state index in [1.807, 2.05) is 6.07 Å². The van der Waals surface area contributed by atoms with Gasteiger partial charge in [0.1, 0.15) is 5.82 Å². The first-order chi connectivity index (χ1) is 13.4. The number of carboxylic acids is 2. The van der Waals surface area contributed by atoms with E-state index in [2.05, 4.69) is 17.1 Å². The molecule has 0 saturated carbocycles. The first-order valence-corrected chi connectivity index (χ1v) is 9.19. The van der Waals surface area contributed by atoms with Crippen molar-refractivity contribution in [2.75, 3.05) is 24.5 Å². The van der Waals surface area contributed by atoms with Crippen LogP contribution < -0.4 is 10.2 Å². The van der Waals surface area contributed by atoms with Gasteiger partial charge in [-0.05, 0) is 18.6 Å². The highest BCUT2D eigenvalue weighted by Crippen LogP contribution is 2.30. The zero-order valence-corrected chi connectivity index (χ0v) is 15.7. The van der Waals surface area contributed by atoms with Gasteiger partial charge in [0.2, 0.25) is 0 Å². The van der Waals surface area contributed by atoms with E-state index in [1.165, 1.54) is 25.3 Å². The second kappa shape index (κ2) is 10.5. The number of furan rings is 1. The van der Waals surface area contributed by atoms with Crippen LogP contribution in [0, 0.1) is 5.82 Å². The number of hydrogen-bond donors (Lipinski definition) is 3. The molecule has 3 rings (SSSR count). The number of halogens is 1. The summed E-state index contributed by atoms with van der Waals surface area (Å²) in [6.07, 6.45) is 6.35. The van der Waals surface area contributed by atoms with Crippen molar-refractivity contribution in [1.29, 1.82) is 0 Å². The lowest BCUT2D eigenvalue weighted by Crippen LogP contribution is -2.50. The van der Waals surface area contributed by atoms with Crippen molar-refractivity contribution in [3.63, 3.8) is 0 Å². The zero-order valence-electron chi connectivity index (χ0n) is 15.7. The minimum atomic E-state index is -1.26. The number of carbonyl (C=O) groups is 2. The van der Waals surface area contributed by atoms with Crippen molar-refractivity contribution in [3.8, 4) is 0 Å². The van der Waals surface area contributed by atoms with Gasteiger partial charge in [-0.3, -0.25) is 0 Å². The van der Waals surface area contributed by atoms with Crippen molar-refractivity contribution in [3.05, 3.63) is 42.4 Å². The zero-order chi connectivity index (χ0) is 20.5. The third kappa shape index (κ3) is 6.38. The summed E-state index contributed by atoms with van der Waals surface area (Å²) >= 11 is 0. The Morgan fingerprint density at radius 1 is 1.32 bits per heavy atom. The van der Waals surface area contributed by atoms with Crippen molar-refractivity contribution >= 4 is 28.6 Å². The van der Waals surface area contributed by atoms with E-state index in [4.69, 9.17) is 14.6 Å². The number of aliphatic carboxylic acids is 2. The van der Waals surface area contributed by atoms with Crippen LogP contribution in [0.2, 0.25) is 0 Å². The van der Waals surface area contributed by atoms with Crippen LogP contribution in [0.15, 0.2) is 41.0 Å². The maximum Gasteiger partial charge on any atom is 0.328 e. The Hall–Kier alpha value is -2.87. The quantitative estimate of drug-likeness (QED) is 0.649. The van der Waals surface area contributed by atoms with Crippen LogP contribution in [0.5, 0.6) is 0 Å². The second-order valence-corrected chi connectivity index (χ2v) is 6.51. The molecule has 0 amide bonds. The van der Waals surface area contributed by atoms with E-state index in [-0.39, 0.29) is 5.82 Å². The summed E-state index contributed by atoms with van der Waals surface area (Å²) in [7, 11) is 0. The minimum absolute atomic E-state index is 0.197. The fourth-order valence-electron chi connectivity index (χ4n) is 3.09. The molecule has 8 heteroatoms. The maximum atomic E-state index is 13.7. The molecule has 7 nitrogen and oxygen atoms in total. The van der Waals surface area contributed by atoms with E-state index >= 15 is 0 Å². The molecule has 0 aliphatic carbocycles. The number of benzene rings is 1. The van der Waals surface area contributed by atoms with Gasteiger partial charge in [0, 0.05) is 49.3 Å². The SMILES string of the molecule is CCCC[C@H]1CN(c2cc(F)cc3ccoc23)CCN1.O=C(O)C=CC(=O)O. The molecule has 1 saturated heterocycles. The Bertz CT molecular complexity index is 817. The first-order valence-electron chi connectivity index (χ1n) is 9.19. The van der Waals surface area contributed by atoms with Gasteiger partial charge in [-0.25, -0.2) is 14.0 Å². The number of fused-ring (bicyclic) bond motifs is 1. The fraction of sp³-hybridized carbons (Fsp3) is 0.400. The number of nitrogens with zero attached hydrogens (tertiary/aromatic N) is 1. The van der Waals surface area contributed by atoms with Gasteiger partial charge in [-0.1, -0.05) is 19.8 Å². The van der Waals surface area contributed by atoms with Gasteiger partial charge >= 0.3 is 11.9 Å². The lowest BCUT2D eigenvalue weighted by atomic mass is 10.1. The van der Waals surface area contributed by atoms with E-state index in [0.29, 0.717) is 18.2 Å². The van der Waals surface area contributed by atoms with Crippen LogP contribution in [-0.4, -0.2) is 47.8 Å². The van der Waals surface area contributed by atoms with Crippen LogP contribution >= 0.6 is 0 Å². The molecule has 28 heavy (non-hydrogen) atoms. The molecule has 1 atom stereocenters. The van der Waals surface area contributed by atoms with Crippen LogP contribution in [-0.2, 0) is 9.59 Å². The Kier molecular flexibility index (Phi) is 8.01. The molecule has 0 radical (unpaired) electrons. The molecule has 152 valence electrons. The lowest BCUT2D eigenvalue weighted by Gasteiger charge is -2.35. The normalized spacial score (nSPS) is 16.8. The Morgan fingerprint density at radius 2 is 2.04 bits per heavy atom. The lowest BCUT2D eigenvalue weighted by molar-refractivity contribution is -0.134. The highest BCUT2D eigenvalue weighted by atomic mass is 19.1. The van der Waals surface area contributed by atoms with Gasteiger partial charge in [0.25, 0.3) is 0 Å². The highest BCUT2D eigenvalue weighted by Gasteiger charge is 2.22. The van der Waals surface area contributed by atoms with Gasteiger partial charge in [-0.15, -0.1) is 0 Å². The predicted molar refractivity (Wildman–Crippen MR) is 104 cm³/mol. The van der Waals surface area contributed by atoms with Crippen molar-refractivity contribution in [2.24, 2.45) is 0 Å². The summed E-state index contributed by atoms with van der Waals surface area (Å²) in [5, 5.41) is 20.0. The molecule has 3 N–H and O–H groups in total. The third-order valence-electron chi connectivity index (χ3n) is 4.37. The number of hydrogen-bond acceptors (Lipinski definition) is 5. The van der Waals surface area contributed by atoms with Crippen LogP contribution in [0.1, 0.15) is 26.2 Å². The van der Waals surface area contributed by atoms with Crippen LogP contribution in [0.25, 0.3) is 11.0 Å². The summed E-state index contributed by atoms with van der Waals surface area (Å²) in [5.41, 5.74) is 1.68. The first kappa shape index (κ1) is 21.4. The third-order valence-corrected chi connectivity index (χ3v) is 4.37. The highest BCUT2D eigenvalue weighted by molar-refractivity contribution is 5.90. The summed E-state index contributed by atoms with van der Waals surface area (Å²) in [4.78, 5) is 21.3. The Labute approximate surface area is 162 Å². The van der Waals surface area contributed by atoms with Crippen LogP contribution in [0.4, 0.5) is 10.1 Å². The summed E-state index contributed by atoms with van der Waals surface area (Å²) in [6.45, 7) is 4.95. The standard InChI is InChI=1S/C16H21FN2O.C4H4O4/c1-2-3-4-14-11-19(7-6-18-14)15-10-13(17)9-12-5-8-20-16(12)15;5-3(6)1-2-4(7)8/h5,8-10,14,18H,2-4,6-7,11H2,1H3;1-2H,(H,5,6)(H,7,8)/t14-;/m0./s1. The molecular formula is C20H25FN2O5. The molecule has 1 aliphatic heterocycles. The monoisotopic (exact) mass is 392 g/mol. The van der Waals surface area contributed by atoms with Crippen molar-refractivity contribution in [1.82, 2.24) is 5.32 Å². The van der Waals surface area contributed by atoms with E-state index in [9.17, 15) is 14.0 Å². The Morgan fingerprint density at radius 3 is 2.68 bits per heavy atom. The summed E-state index contributed by atoms with van der Waals surface area (Å²) in [6, 6.07) is 5.42. The minimum Gasteiger partial charge on any atom is -0.478 e. The number of anilines is 1. The topological polar surface area (TPSA) is 103 Å². The molecule has 0 bridgehead atoms. The molecule has 2 aromatic rings. The van der Waals surface area contributed by atoms with Gasteiger partial charge in [0.15, 0.2) is 5.58 Å². The number of piperazine rings is 1. The average molecular weight is 392 g/mol. The fourth-order valence-corrected chi connectivity index (χ4v) is 3.09. The molecule has 2 heterocycles. The molecular weight excluding hydrogens is 367 g/mol. The average Bonchev–Trinajstić information content (AvgIpc) is 3.13. The van der Waals surface area contributed by atoms with Gasteiger partial charge in [-0.2, -0.15) is 0 Å². The van der Waals surface area contributed by atoms with Crippen molar-refractivity contribution in [2.45, 2.75) is 32.2 Å². The van der Waals surface area contributed by atoms with E-state index in [1.54, 1.807) is 12.3 Å². The number of carboxylic acid groups (broad SMARTS) is 2. The summed E-state index contributed by atoms with van der Waals surface area (Å²) in [5.74, 6) is -2.71. The largest absolute Gasteiger partial charge is 0.478 e. The molecule has 1 aliphatic rings. The molecule has 0 unspecified atom stereocenters. The van der Waals surface area contributed by atoms with Gasteiger partial charge in [0.05, 0.1) is 12.0 Å². The van der Waals surface area contributed by atoms with Crippen LogP contribution in [0.3, 0.4) is 0 Å². The smallest absolute Gasteiger partial charge is 0.328 e. The number of unbranched alkanes of at least 4 members (excludes halogenated alkanes) is 1. The molecule has 1 aromatic carbocycles. The van der Waals surface area contributed by atoms with E-state index in [0.717, 1.165) is 36.3 Å². The molecule has 0 spiro atoms.